The number of benzene rings is 1. The first kappa shape index (κ1) is 23.6. The summed E-state index contributed by atoms with van der Waals surface area (Å²) in [4.78, 5) is 4.55. The zero-order valence-corrected chi connectivity index (χ0v) is 21.1. The van der Waals surface area contributed by atoms with E-state index in [1.165, 1.54) is 0 Å². The fraction of sp³-hybridized carbons (Fsp3) is 0.423. The van der Waals surface area contributed by atoms with Crippen LogP contribution >= 0.6 is 0 Å². The topological polar surface area (TPSA) is 63.7 Å². The second-order valence-corrected chi connectivity index (χ2v) is 14.8. The number of methoxy groups -OCH3 is 1. The molecule has 3 rings (SSSR count). The lowest BCUT2D eigenvalue weighted by Crippen LogP contribution is -2.43. The lowest BCUT2D eigenvalue weighted by atomic mass is 10.1. The Morgan fingerprint density at radius 1 is 1.00 bits per heavy atom. The highest BCUT2D eigenvalue weighted by molar-refractivity contribution is 6.90. The minimum Gasteiger partial charge on any atom is -0.497 e. The van der Waals surface area contributed by atoms with Gasteiger partial charge in [0.2, 0.25) is 0 Å². The van der Waals surface area contributed by atoms with Gasteiger partial charge in [0, 0.05) is 6.20 Å². The number of ether oxygens (including phenoxy) is 1. The Morgan fingerprint density at radius 2 is 1.62 bits per heavy atom. The molecule has 0 unspecified atom stereocenters. The highest BCUT2D eigenvalue weighted by Gasteiger charge is 2.41. The van der Waals surface area contributed by atoms with E-state index in [0.29, 0.717) is 28.7 Å². The number of nitrogens with zero attached hydrogens (tertiary/aromatic N) is 4. The molecule has 0 radical (unpaired) electrons. The van der Waals surface area contributed by atoms with Crippen molar-refractivity contribution in [3.8, 4) is 23.3 Å². The molecule has 0 amide bonds. The second kappa shape index (κ2) is 9.59. The molecule has 2 heterocycles. The molecule has 0 aliphatic heterocycles. The van der Waals surface area contributed by atoms with Crippen LogP contribution in [0.5, 0.6) is 5.75 Å². The summed E-state index contributed by atoms with van der Waals surface area (Å²) in [6.45, 7) is 14.3. The predicted octanol–water partition coefficient (Wildman–Crippen LogP) is 5.93. The first-order valence-corrected chi connectivity index (χ1v) is 13.4. The van der Waals surface area contributed by atoms with Gasteiger partial charge in [-0.3, -0.25) is 0 Å². The summed E-state index contributed by atoms with van der Waals surface area (Å²) in [5.74, 6) is 4.28. The van der Waals surface area contributed by atoms with Crippen molar-refractivity contribution in [2.45, 2.75) is 64.7 Å². The van der Waals surface area contributed by atoms with Gasteiger partial charge in [0.25, 0.3) is 0 Å². The van der Waals surface area contributed by atoms with Crippen molar-refractivity contribution in [1.82, 2.24) is 14.8 Å². The lowest BCUT2D eigenvalue weighted by Gasteiger charge is -2.38. The van der Waals surface area contributed by atoms with Gasteiger partial charge in [-0.15, -0.1) is 5.54 Å². The standard InChI is InChI=1S/C26H32N4OSi/c1-18(2)32(19(3)4,20(5)6)13-12-24-22(14-27)15-28-26-25(24)16-29-30(26)17-21-8-10-23(31-7)11-9-21/h8-11,15-16,18-20H,17H2,1-7H3. The molecule has 166 valence electrons. The van der Waals surface area contributed by atoms with Crippen LogP contribution in [0.15, 0.2) is 36.7 Å². The van der Waals surface area contributed by atoms with Crippen LogP contribution in [0.4, 0.5) is 0 Å². The Morgan fingerprint density at radius 3 is 2.16 bits per heavy atom. The molecule has 0 aliphatic rings. The molecule has 6 heteroatoms. The Balaban J connectivity index is 2.10. The summed E-state index contributed by atoms with van der Waals surface area (Å²) in [6.07, 6.45) is 3.42. The van der Waals surface area contributed by atoms with Gasteiger partial charge >= 0.3 is 0 Å². The fourth-order valence-corrected chi connectivity index (χ4v) is 10.1. The van der Waals surface area contributed by atoms with E-state index < -0.39 is 8.07 Å². The van der Waals surface area contributed by atoms with E-state index in [0.717, 1.165) is 27.9 Å². The zero-order chi connectivity index (χ0) is 23.5. The average Bonchev–Trinajstić information content (AvgIpc) is 3.16. The SMILES string of the molecule is COc1ccc(Cn2ncc3c(C#C[Si](C(C)C)(C(C)C)C(C)C)c(C#N)cnc32)cc1. The van der Waals surface area contributed by atoms with E-state index in [2.05, 4.69) is 69.2 Å². The van der Waals surface area contributed by atoms with Crippen molar-refractivity contribution in [1.29, 1.82) is 5.26 Å². The first-order chi connectivity index (χ1) is 15.2. The van der Waals surface area contributed by atoms with Gasteiger partial charge in [0.1, 0.15) is 19.9 Å². The quantitative estimate of drug-likeness (QED) is 0.349. The van der Waals surface area contributed by atoms with Crippen LogP contribution in [-0.2, 0) is 6.54 Å². The summed E-state index contributed by atoms with van der Waals surface area (Å²) in [6, 6.07) is 10.2. The molecule has 0 spiro atoms. The highest BCUT2D eigenvalue weighted by atomic mass is 28.3. The van der Waals surface area contributed by atoms with Crippen LogP contribution < -0.4 is 4.74 Å². The molecule has 0 saturated carbocycles. The predicted molar refractivity (Wildman–Crippen MR) is 132 cm³/mol. The lowest BCUT2D eigenvalue weighted by molar-refractivity contribution is 0.414. The van der Waals surface area contributed by atoms with Crippen LogP contribution in [0.25, 0.3) is 11.0 Å². The summed E-state index contributed by atoms with van der Waals surface area (Å²) >= 11 is 0. The molecular formula is C26H32N4OSi. The summed E-state index contributed by atoms with van der Waals surface area (Å²) < 4.78 is 7.11. The van der Waals surface area contributed by atoms with Gasteiger partial charge in [-0.25, -0.2) is 9.67 Å². The summed E-state index contributed by atoms with van der Waals surface area (Å²) in [7, 11) is -0.269. The third-order valence-electron chi connectivity index (χ3n) is 6.55. The molecule has 5 nitrogen and oxygen atoms in total. The number of nitriles is 1. The largest absolute Gasteiger partial charge is 0.497 e. The fourth-order valence-electron chi connectivity index (χ4n) is 4.87. The van der Waals surface area contributed by atoms with E-state index in [-0.39, 0.29) is 0 Å². The number of pyridine rings is 1. The Labute approximate surface area is 192 Å². The van der Waals surface area contributed by atoms with Crippen LogP contribution in [0, 0.1) is 22.8 Å². The monoisotopic (exact) mass is 444 g/mol. The first-order valence-electron chi connectivity index (χ1n) is 11.1. The van der Waals surface area contributed by atoms with Gasteiger partial charge in [-0.2, -0.15) is 10.4 Å². The summed E-state index contributed by atoms with van der Waals surface area (Å²) in [5, 5.41) is 15.2. The van der Waals surface area contributed by atoms with Gasteiger partial charge in [-0.05, 0) is 34.3 Å². The molecule has 0 saturated heterocycles. The van der Waals surface area contributed by atoms with Crippen LogP contribution in [0.1, 0.15) is 58.2 Å². The van der Waals surface area contributed by atoms with E-state index in [4.69, 9.17) is 4.74 Å². The molecule has 32 heavy (non-hydrogen) atoms. The van der Waals surface area contributed by atoms with Crippen LogP contribution in [0.3, 0.4) is 0 Å². The molecule has 0 bridgehead atoms. The van der Waals surface area contributed by atoms with Gasteiger partial charge in [0.15, 0.2) is 5.65 Å². The minimum atomic E-state index is -1.93. The van der Waals surface area contributed by atoms with E-state index in [1.54, 1.807) is 19.5 Å². The Hall–Kier alpha value is -3.09. The van der Waals surface area contributed by atoms with Crippen molar-refractivity contribution in [3.63, 3.8) is 0 Å². The smallest absolute Gasteiger partial charge is 0.159 e. The van der Waals surface area contributed by atoms with Crippen molar-refractivity contribution < 1.29 is 4.74 Å². The molecular weight excluding hydrogens is 412 g/mol. The maximum atomic E-state index is 9.74. The second-order valence-electron chi connectivity index (χ2n) is 9.19. The molecule has 0 aliphatic carbocycles. The molecule has 0 atom stereocenters. The van der Waals surface area contributed by atoms with Gasteiger partial charge in [0.05, 0.1) is 36.4 Å². The number of aromatic nitrogens is 3. The van der Waals surface area contributed by atoms with E-state index >= 15 is 0 Å². The van der Waals surface area contributed by atoms with Crippen molar-refractivity contribution in [3.05, 3.63) is 53.3 Å². The molecule has 3 aromatic rings. The van der Waals surface area contributed by atoms with E-state index in [9.17, 15) is 5.26 Å². The average molecular weight is 445 g/mol. The van der Waals surface area contributed by atoms with Crippen LogP contribution in [0.2, 0.25) is 16.6 Å². The van der Waals surface area contributed by atoms with Crippen molar-refractivity contribution >= 4 is 19.1 Å². The normalized spacial score (nSPS) is 11.7. The number of rotatable bonds is 6. The molecule has 0 fully saturated rings. The molecule has 0 N–H and O–H groups in total. The minimum absolute atomic E-state index is 0.508. The number of fused-ring (bicyclic) bond motifs is 1. The van der Waals surface area contributed by atoms with Gasteiger partial charge in [-0.1, -0.05) is 59.6 Å². The third kappa shape index (κ3) is 4.29. The van der Waals surface area contributed by atoms with Crippen molar-refractivity contribution in [2.75, 3.05) is 7.11 Å². The maximum Gasteiger partial charge on any atom is 0.159 e. The van der Waals surface area contributed by atoms with Crippen molar-refractivity contribution in [2.24, 2.45) is 0 Å². The third-order valence-corrected chi connectivity index (χ3v) is 12.8. The van der Waals surface area contributed by atoms with Gasteiger partial charge < -0.3 is 4.74 Å². The molecule has 1 aromatic carbocycles. The highest BCUT2D eigenvalue weighted by Crippen LogP contribution is 2.41. The summed E-state index contributed by atoms with van der Waals surface area (Å²) in [5.41, 5.74) is 8.41. The van der Waals surface area contributed by atoms with Crippen LogP contribution in [-0.4, -0.2) is 29.9 Å². The Bertz CT molecular complexity index is 1170. The Kier molecular flexibility index (Phi) is 7.06. The van der Waals surface area contributed by atoms with E-state index in [1.807, 2.05) is 28.9 Å². The maximum absolute atomic E-state index is 9.74. The zero-order valence-electron chi connectivity index (χ0n) is 20.1. The number of hydrogen-bond donors (Lipinski definition) is 0. The molecule has 2 aromatic heterocycles. The number of hydrogen-bond acceptors (Lipinski definition) is 4.